The summed E-state index contributed by atoms with van der Waals surface area (Å²) in [5.41, 5.74) is 6.34. The summed E-state index contributed by atoms with van der Waals surface area (Å²) in [4.78, 5) is 10.7. The molecule has 2 rings (SSSR count). The largest absolute Gasteiger partial charge is 0.288 e. The van der Waals surface area contributed by atoms with E-state index in [-0.39, 0.29) is 0 Å². The molecule has 0 aliphatic heterocycles. The van der Waals surface area contributed by atoms with Gasteiger partial charge in [0, 0.05) is 11.6 Å². The first-order valence-electron chi connectivity index (χ1n) is 6.72. The molecule has 0 unspecified atom stereocenters. The number of amides is 1. The molecular formula is C17H15N3O3. The molecule has 0 saturated heterocycles. The quantitative estimate of drug-likeness (QED) is 0.301. The number of nitrogens with one attached hydrogen (secondary N) is 2. The molecule has 6 nitrogen and oxygen atoms in total. The summed E-state index contributed by atoms with van der Waals surface area (Å²) in [6.07, 6.45) is 2.45. The summed E-state index contributed by atoms with van der Waals surface area (Å²) < 4.78 is 0. The van der Waals surface area contributed by atoms with E-state index in [9.17, 15) is 10.0 Å². The number of rotatable bonds is 4. The van der Waals surface area contributed by atoms with Gasteiger partial charge in [-0.1, -0.05) is 30.0 Å². The Hall–Kier alpha value is -3.27. The SMILES string of the molecule is O=C(/C=C/C#Cc1ccc(NN(O)c2ccccc2)cc1)NO. The van der Waals surface area contributed by atoms with Crippen LogP contribution in [0.1, 0.15) is 5.56 Å². The van der Waals surface area contributed by atoms with E-state index in [2.05, 4.69) is 17.3 Å². The van der Waals surface area contributed by atoms with Crippen molar-refractivity contribution in [2.75, 3.05) is 10.6 Å². The Morgan fingerprint density at radius 3 is 2.43 bits per heavy atom. The summed E-state index contributed by atoms with van der Waals surface area (Å²) in [5.74, 6) is 4.87. The summed E-state index contributed by atoms with van der Waals surface area (Å²) >= 11 is 0. The number of carbonyl (C=O) groups excluding carboxylic acids is 1. The van der Waals surface area contributed by atoms with Crippen molar-refractivity contribution < 1.29 is 15.2 Å². The lowest BCUT2D eigenvalue weighted by atomic mass is 10.2. The highest BCUT2D eigenvalue weighted by molar-refractivity contribution is 5.86. The van der Waals surface area contributed by atoms with Gasteiger partial charge in [0.2, 0.25) is 0 Å². The zero-order chi connectivity index (χ0) is 16.5. The molecule has 0 radical (unpaired) electrons. The van der Waals surface area contributed by atoms with Gasteiger partial charge in [0.1, 0.15) is 0 Å². The van der Waals surface area contributed by atoms with Gasteiger partial charge in [0.15, 0.2) is 0 Å². The minimum atomic E-state index is -0.636. The van der Waals surface area contributed by atoms with Crippen LogP contribution < -0.4 is 16.1 Å². The number of carbonyl (C=O) groups is 1. The van der Waals surface area contributed by atoms with Crippen molar-refractivity contribution >= 4 is 17.3 Å². The van der Waals surface area contributed by atoms with Crippen LogP contribution in [0.3, 0.4) is 0 Å². The van der Waals surface area contributed by atoms with Crippen LogP contribution in [-0.2, 0) is 4.79 Å². The van der Waals surface area contributed by atoms with Gasteiger partial charge in [-0.05, 0) is 42.5 Å². The van der Waals surface area contributed by atoms with Gasteiger partial charge < -0.3 is 0 Å². The number of hydrogen-bond acceptors (Lipinski definition) is 5. The van der Waals surface area contributed by atoms with Crippen LogP contribution in [0.4, 0.5) is 11.4 Å². The molecule has 0 aromatic heterocycles. The molecule has 0 saturated carbocycles. The first kappa shape index (κ1) is 16.1. The normalized spacial score (nSPS) is 9.83. The summed E-state index contributed by atoms with van der Waals surface area (Å²) in [6, 6.07) is 16.1. The number of nitrogens with zero attached hydrogens (tertiary/aromatic N) is 1. The van der Waals surface area contributed by atoms with Crippen molar-refractivity contribution in [3.05, 3.63) is 72.3 Å². The van der Waals surface area contributed by atoms with Crippen molar-refractivity contribution in [1.82, 2.24) is 5.48 Å². The second-order valence-corrected chi connectivity index (χ2v) is 4.42. The third-order valence-corrected chi connectivity index (χ3v) is 2.77. The molecule has 4 N–H and O–H groups in total. The molecule has 6 heteroatoms. The van der Waals surface area contributed by atoms with Crippen LogP contribution in [0.25, 0.3) is 0 Å². The van der Waals surface area contributed by atoms with Crippen LogP contribution in [0.15, 0.2) is 66.7 Å². The van der Waals surface area contributed by atoms with Gasteiger partial charge in [-0.25, -0.2) is 5.48 Å². The molecule has 0 aliphatic carbocycles. The predicted octanol–water partition coefficient (Wildman–Crippen LogP) is 2.32. The third kappa shape index (κ3) is 5.21. The van der Waals surface area contributed by atoms with Crippen molar-refractivity contribution in [3.8, 4) is 11.8 Å². The Balaban J connectivity index is 1.96. The number of benzene rings is 2. The molecule has 0 spiro atoms. The lowest BCUT2D eigenvalue weighted by Crippen LogP contribution is -2.25. The monoisotopic (exact) mass is 309 g/mol. The molecule has 0 heterocycles. The van der Waals surface area contributed by atoms with Crippen LogP contribution in [0, 0.1) is 11.8 Å². The Morgan fingerprint density at radius 2 is 1.78 bits per heavy atom. The fourth-order valence-electron chi connectivity index (χ4n) is 1.66. The van der Waals surface area contributed by atoms with E-state index in [0.29, 0.717) is 11.4 Å². The predicted molar refractivity (Wildman–Crippen MR) is 86.7 cm³/mol. The maximum Gasteiger partial charge on any atom is 0.267 e. The number of hydrazine groups is 1. The maximum atomic E-state index is 10.7. The highest BCUT2D eigenvalue weighted by Crippen LogP contribution is 2.14. The second-order valence-electron chi connectivity index (χ2n) is 4.42. The Labute approximate surface area is 133 Å². The van der Waals surface area contributed by atoms with E-state index in [1.54, 1.807) is 36.4 Å². The van der Waals surface area contributed by atoms with Crippen molar-refractivity contribution in [2.45, 2.75) is 0 Å². The maximum absolute atomic E-state index is 10.7. The number of hydroxylamine groups is 1. The molecule has 0 aliphatic rings. The summed E-state index contributed by atoms with van der Waals surface area (Å²) in [6.45, 7) is 0. The third-order valence-electron chi connectivity index (χ3n) is 2.77. The van der Waals surface area contributed by atoms with Crippen molar-refractivity contribution in [1.29, 1.82) is 0 Å². The first-order valence-corrected chi connectivity index (χ1v) is 6.72. The van der Waals surface area contributed by atoms with Gasteiger partial charge >= 0.3 is 0 Å². The first-order chi connectivity index (χ1) is 11.2. The topological polar surface area (TPSA) is 84.8 Å². The van der Waals surface area contributed by atoms with Crippen LogP contribution >= 0.6 is 0 Å². The Morgan fingerprint density at radius 1 is 1.09 bits per heavy atom. The van der Waals surface area contributed by atoms with E-state index in [4.69, 9.17) is 5.21 Å². The van der Waals surface area contributed by atoms with E-state index in [1.807, 2.05) is 18.2 Å². The molecule has 2 aromatic rings. The number of allylic oxidation sites excluding steroid dienone is 1. The molecule has 116 valence electrons. The van der Waals surface area contributed by atoms with Gasteiger partial charge in [0.05, 0.1) is 11.4 Å². The number of hydrogen-bond donors (Lipinski definition) is 4. The molecular weight excluding hydrogens is 294 g/mol. The van der Waals surface area contributed by atoms with Crippen molar-refractivity contribution in [2.24, 2.45) is 0 Å². The molecule has 0 bridgehead atoms. The van der Waals surface area contributed by atoms with Gasteiger partial charge in [-0.15, -0.1) is 0 Å². The lowest BCUT2D eigenvalue weighted by Gasteiger charge is -2.18. The summed E-state index contributed by atoms with van der Waals surface area (Å²) in [7, 11) is 0. The molecule has 23 heavy (non-hydrogen) atoms. The van der Waals surface area contributed by atoms with Crippen molar-refractivity contribution in [3.63, 3.8) is 0 Å². The minimum Gasteiger partial charge on any atom is -0.288 e. The molecule has 0 fully saturated rings. The van der Waals surface area contributed by atoms with Gasteiger partial charge in [-0.3, -0.25) is 20.6 Å². The molecule has 1 amide bonds. The Kier molecular flexibility index (Phi) is 5.77. The Bertz CT molecular complexity index is 731. The number of anilines is 2. The van der Waals surface area contributed by atoms with E-state index in [0.717, 1.165) is 16.8 Å². The van der Waals surface area contributed by atoms with Crippen LogP contribution in [0.5, 0.6) is 0 Å². The minimum absolute atomic E-state index is 0.615. The van der Waals surface area contributed by atoms with E-state index in [1.165, 1.54) is 11.6 Å². The van der Waals surface area contributed by atoms with Crippen LogP contribution in [0.2, 0.25) is 0 Å². The van der Waals surface area contributed by atoms with Gasteiger partial charge in [0.25, 0.3) is 5.91 Å². The fourth-order valence-corrected chi connectivity index (χ4v) is 1.66. The van der Waals surface area contributed by atoms with Gasteiger partial charge in [-0.2, -0.15) is 5.17 Å². The highest BCUT2D eigenvalue weighted by Gasteiger charge is 2.01. The second kappa shape index (κ2) is 8.24. The van der Waals surface area contributed by atoms with Crippen LogP contribution in [-0.4, -0.2) is 16.3 Å². The average Bonchev–Trinajstić information content (AvgIpc) is 2.60. The number of para-hydroxylation sites is 1. The fraction of sp³-hybridized carbons (Fsp3) is 0. The molecule has 0 atom stereocenters. The lowest BCUT2D eigenvalue weighted by molar-refractivity contribution is -0.124. The smallest absolute Gasteiger partial charge is 0.267 e. The van der Waals surface area contributed by atoms with E-state index < -0.39 is 5.91 Å². The molecule has 2 aromatic carbocycles. The zero-order valence-corrected chi connectivity index (χ0v) is 12.1. The average molecular weight is 309 g/mol. The van der Waals surface area contributed by atoms with E-state index >= 15 is 0 Å². The highest BCUT2D eigenvalue weighted by atomic mass is 16.5. The summed E-state index contributed by atoms with van der Waals surface area (Å²) in [5, 5.41) is 19.2. The standard InChI is InChI=1S/C17H15N3O3/c21-17(19-22)9-5-4-6-14-10-12-15(13-11-14)18-20(23)16-7-2-1-3-8-16/h1-3,5,7-13,18,22-23H,(H,19,21)/b9-5+. The zero-order valence-electron chi connectivity index (χ0n) is 12.1.